The largest absolute Gasteiger partial charge is 0.264 e. The molecule has 2 aromatic heterocycles. The molecule has 0 fully saturated rings. The Morgan fingerprint density at radius 3 is 1.29 bits per heavy atom. The molecule has 0 amide bonds. The fourth-order valence-corrected chi connectivity index (χ4v) is 10.0. The molecule has 2 nitrogen and oxygen atoms in total. The van der Waals surface area contributed by atoms with Gasteiger partial charge in [-0.05, 0) is 74.3 Å². The molecule has 4 aromatic carbocycles. The number of aromatic nitrogens is 2. The first-order chi connectivity index (χ1) is 20.5. The third-order valence-electron chi connectivity index (χ3n) is 7.48. The second-order valence-corrected chi connectivity index (χ2v) is 15.1. The number of hydrogen-bond donors (Lipinski definition) is 0. The van der Waals surface area contributed by atoms with Gasteiger partial charge in [-0.3, -0.25) is 9.97 Å². The topological polar surface area (TPSA) is 25.8 Å². The van der Waals surface area contributed by atoms with Crippen molar-refractivity contribution in [3.63, 3.8) is 0 Å². The summed E-state index contributed by atoms with van der Waals surface area (Å²) < 4.78 is 0. The number of rotatable bonds is 7. The van der Waals surface area contributed by atoms with E-state index < -0.39 is 15.8 Å². The van der Waals surface area contributed by atoms with Crippen LogP contribution in [0.2, 0.25) is 0 Å². The predicted molar refractivity (Wildman–Crippen MR) is 184 cm³/mol. The lowest BCUT2D eigenvalue weighted by Crippen LogP contribution is -2.31. The predicted octanol–water partition coefficient (Wildman–Crippen LogP) is 6.89. The molecule has 2 heterocycles. The molecule has 0 aliphatic carbocycles. The summed E-state index contributed by atoms with van der Waals surface area (Å²) in [5, 5.41) is 6.56. The number of aryl methyl sites for hydroxylation is 4. The van der Waals surface area contributed by atoms with Crippen LogP contribution in [-0.2, 0) is 0 Å². The van der Waals surface area contributed by atoms with E-state index >= 15 is 0 Å². The number of hydrogen-bond acceptors (Lipinski definition) is 2. The molecule has 0 unspecified atom stereocenters. The Hall–Kier alpha value is -3.96. The van der Waals surface area contributed by atoms with Gasteiger partial charge in [0.15, 0.2) is 0 Å². The van der Waals surface area contributed by atoms with Crippen LogP contribution in [0.15, 0.2) is 134 Å². The normalized spacial score (nSPS) is 11.3. The van der Waals surface area contributed by atoms with E-state index in [9.17, 15) is 0 Å². The first-order valence-corrected chi connectivity index (χ1v) is 16.9. The van der Waals surface area contributed by atoms with Gasteiger partial charge in [0.05, 0.1) is 5.44 Å². The number of pyridine rings is 2. The van der Waals surface area contributed by atoms with Crippen LogP contribution < -0.4 is 32.0 Å². The highest BCUT2D eigenvalue weighted by molar-refractivity contribution is 7.81. The standard InChI is InChI=1S/C38H34N2P2/c1-27-7-15-32(16-8-27)41(33-17-9-28(2)10-18-33)36-23-25-40-38(37(36)31-6-5-24-39-26-31)42(34-19-11-29(3)12-20-34)35-21-13-30(4)14-22-35/h5-26H,1-4H3. The molecule has 0 saturated carbocycles. The molecule has 0 spiro atoms. The van der Waals surface area contributed by atoms with Gasteiger partial charge in [-0.1, -0.05) is 125 Å². The van der Waals surface area contributed by atoms with Crippen molar-refractivity contribution in [1.29, 1.82) is 0 Å². The quantitative estimate of drug-likeness (QED) is 0.192. The molecule has 0 bridgehead atoms. The van der Waals surface area contributed by atoms with Crippen molar-refractivity contribution in [2.45, 2.75) is 27.7 Å². The minimum Gasteiger partial charge on any atom is -0.264 e. The minimum atomic E-state index is -0.933. The molecule has 0 radical (unpaired) electrons. The Balaban J connectivity index is 1.66. The van der Waals surface area contributed by atoms with Crippen LogP contribution in [0.1, 0.15) is 22.3 Å². The van der Waals surface area contributed by atoms with Gasteiger partial charge in [0.1, 0.15) is 0 Å². The SMILES string of the molecule is Cc1ccc(P(c2ccc(C)cc2)c2ccnc(P(c3ccc(C)cc3)c3ccc(C)cc3)c2-c2cccnc2)cc1. The highest BCUT2D eigenvalue weighted by Gasteiger charge is 2.28. The second-order valence-electron chi connectivity index (χ2n) is 10.8. The highest BCUT2D eigenvalue weighted by atomic mass is 31.1. The van der Waals surface area contributed by atoms with Crippen molar-refractivity contribution >= 4 is 47.8 Å². The Morgan fingerprint density at radius 2 is 0.881 bits per heavy atom. The monoisotopic (exact) mass is 580 g/mol. The molecule has 4 heteroatoms. The maximum Gasteiger partial charge on any atom is 0.0805 e. The van der Waals surface area contributed by atoms with Gasteiger partial charge in [0.2, 0.25) is 0 Å². The Bertz CT molecular complexity index is 1580. The average molecular weight is 581 g/mol. The van der Waals surface area contributed by atoms with E-state index in [1.54, 1.807) is 0 Å². The van der Waals surface area contributed by atoms with Crippen LogP contribution in [0, 0.1) is 27.7 Å². The molecular formula is C38H34N2P2. The second kappa shape index (κ2) is 12.5. The van der Waals surface area contributed by atoms with Gasteiger partial charge in [-0.2, -0.15) is 0 Å². The molecule has 42 heavy (non-hydrogen) atoms. The Labute approximate surface area is 252 Å². The lowest BCUT2D eigenvalue weighted by atomic mass is 10.1. The van der Waals surface area contributed by atoms with E-state index in [1.807, 2.05) is 24.7 Å². The molecular weight excluding hydrogens is 546 g/mol. The van der Waals surface area contributed by atoms with Gasteiger partial charge in [-0.15, -0.1) is 0 Å². The van der Waals surface area contributed by atoms with E-state index in [1.165, 1.54) is 54.3 Å². The summed E-state index contributed by atoms with van der Waals surface area (Å²) in [5.41, 5.74) is 8.47. The zero-order valence-electron chi connectivity index (χ0n) is 24.5. The maximum absolute atomic E-state index is 5.22. The van der Waals surface area contributed by atoms with E-state index in [0.29, 0.717) is 0 Å². The van der Waals surface area contributed by atoms with Crippen molar-refractivity contribution in [2.75, 3.05) is 0 Å². The van der Waals surface area contributed by atoms with Crippen LogP contribution in [0.3, 0.4) is 0 Å². The van der Waals surface area contributed by atoms with Crippen LogP contribution >= 0.6 is 15.8 Å². The molecule has 0 aliphatic heterocycles. The summed E-state index contributed by atoms with van der Waals surface area (Å²) >= 11 is 0. The van der Waals surface area contributed by atoms with Crippen molar-refractivity contribution in [1.82, 2.24) is 9.97 Å². The van der Waals surface area contributed by atoms with Gasteiger partial charge < -0.3 is 0 Å². The summed E-state index contributed by atoms with van der Waals surface area (Å²) in [7, 11) is -1.79. The third-order valence-corrected chi connectivity index (χ3v) is 12.4. The first kappa shape index (κ1) is 28.2. The summed E-state index contributed by atoms with van der Waals surface area (Å²) in [4.78, 5) is 9.81. The lowest BCUT2D eigenvalue weighted by Gasteiger charge is -2.27. The minimum absolute atomic E-state index is 0.862. The lowest BCUT2D eigenvalue weighted by molar-refractivity contribution is 1.32. The molecule has 206 valence electrons. The van der Waals surface area contributed by atoms with Crippen molar-refractivity contribution in [3.05, 3.63) is 156 Å². The maximum atomic E-state index is 5.22. The highest BCUT2D eigenvalue weighted by Crippen LogP contribution is 2.41. The summed E-state index contributed by atoms with van der Waals surface area (Å²) in [6.07, 6.45) is 5.88. The van der Waals surface area contributed by atoms with Gasteiger partial charge >= 0.3 is 0 Å². The molecule has 0 N–H and O–H groups in total. The first-order valence-electron chi connectivity index (χ1n) is 14.2. The van der Waals surface area contributed by atoms with Crippen LogP contribution in [-0.4, -0.2) is 9.97 Å². The fraction of sp³-hybridized carbons (Fsp3) is 0.105. The smallest absolute Gasteiger partial charge is 0.0805 e. The van der Waals surface area contributed by atoms with Crippen molar-refractivity contribution in [3.8, 4) is 11.1 Å². The van der Waals surface area contributed by atoms with Crippen LogP contribution in [0.4, 0.5) is 0 Å². The average Bonchev–Trinajstić information content (AvgIpc) is 3.02. The zero-order chi connectivity index (χ0) is 29.1. The van der Waals surface area contributed by atoms with Crippen molar-refractivity contribution in [2.24, 2.45) is 0 Å². The van der Waals surface area contributed by atoms with Crippen LogP contribution in [0.5, 0.6) is 0 Å². The number of nitrogens with zero attached hydrogens (tertiary/aromatic N) is 2. The van der Waals surface area contributed by atoms with E-state index in [-0.39, 0.29) is 0 Å². The molecule has 0 saturated heterocycles. The van der Waals surface area contributed by atoms with Gasteiger partial charge in [0, 0.05) is 37.6 Å². The van der Waals surface area contributed by atoms with E-state index in [0.717, 1.165) is 11.0 Å². The van der Waals surface area contributed by atoms with Gasteiger partial charge in [-0.25, -0.2) is 0 Å². The van der Waals surface area contributed by atoms with E-state index in [4.69, 9.17) is 4.98 Å². The van der Waals surface area contributed by atoms with Crippen molar-refractivity contribution < 1.29 is 0 Å². The molecule has 0 atom stereocenters. The summed E-state index contributed by atoms with van der Waals surface area (Å²) in [5.74, 6) is 0. The summed E-state index contributed by atoms with van der Waals surface area (Å²) in [6.45, 7) is 8.60. The summed E-state index contributed by atoms with van der Waals surface area (Å²) in [6, 6.07) is 42.6. The molecule has 6 aromatic rings. The van der Waals surface area contributed by atoms with E-state index in [2.05, 4.69) is 142 Å². The Morgan fingerprint density at radius 1 is 0.452 bits per heavy atom. The third kappa shape index (κ3) is 5.98. The zero-order valence-corrected chi connectivity index (χ0v) is 26.3. The fourth-order valence-electron chi connectivity index (χ4n) is 5.18. The Kier molecular flexibility index (Phi) is 8.38. The molecule has 6 rings (SSSR count). The number of benzene rings is 4. The van der Waals surface area contributed by atoms with Crippen LogP contribution in [0.25, 0.3) is 11.1 Å². The molecule has 0 aliphatic rings. The van der Waals surface area contributed by atoms with Gasteiger partial charge in [0.25, 0.3) is 0 Å².